The van der Waals surface area contributed by atoms with Crippen LogP contribution in [0.5, 0.6) is 0 Å². The zero-order valence-electron chi connectivity index (χ0n) is 12.9. The fraction of sp³-hybridized carbons (Fsp3) is 0.933. The molecule has 0 aromatic heterocycles. The molecule has 4 fully saturated rings. The quantitative estimate of drug-likeness (QED) is 0.623. The molecule has 0 radical (unpaired) electrons. The molecule has 7 nitrogen and oxygen atoms in total. The molecule has 0 aromatic carbocycles. The Morgan fingerprint density at radius 3 is 2.59 bits per heavy atom. The van der Waals surface area contributed by atoms with Crippen molar-refractivity contribution in [1.82, 2.24) is 0 Å². The van der Waals surface area contributed by atoms with Crippen LogP contribution in [0.4, 0.5) is 0 Å². The van der Waals surface area contributed by atoms with E-state index in [4.69, 9.17) is 14.2 Å². The maximum absolute atomic E-state index is 12.3. The SMILES string of the molecule is C[C@@H]1COC2CC3(C)C(C(=O)O)(OC4O[C@H](O)[C@H](O)C43C)C21. The highest BCUT2D eigenvalue weighted by Crippen LogP contribution is 2.73. The summed E-state index contributed by atoms with van der Waals surface area (Å²) in [6.07, 6.45) is -3.24. The Kier molecular flexibility index (Phi) is 2.71. The van der Waals surface area contributed by atoms with Crippen LogP contribution in [-0.4, -0.2) is 58.3 Å². The molecule has 3 saturated heterocycles. The van der Waals surface area contributed by atoms with Gasteiger partial charge in [0.05, 0.1) is 11.5 Å². The third-order valence-corrected chi connectivity index (χ3v) is 6.92. The summed E-state index contributed by atoms with van der Waals surface area (Å²) in [5, 5.41) is 30.4. The number of carbonyl (C=O) groups is 1. The van der Waals surface area contributed by atoms with Crippen LogP contribution in [0.3, 0.4) is 0 Å². The van der Waals surface area contributed by atoms with E-state index >= 15 is 0 Å². The molecule has 124 valence electrons. The van der Waals surface area contributed by atoms with Crippen LogP contribution in [0, 0.1) is 22.7 Å². The van der Waals surface area contributed by atoms with Gasteiger partial charge in [0, 0.05) is 17.9 Å². The second-order valence-corrected chi connectivity index (χ2v) is 7.66. The van der Waals surface area contributed by atoms with Gasteiger partial charge in [0.15, 0.2) is 18.2 Å². The Hall–Kier alpha value is -0.730. The van der Waals surface area contributed by atoms with Gasteiger partial charge >= 0.3 is 5.97 Å². The van der Waals surface area contributed by atoms with E-state index in [2.05, 4.69) is 0 Å². The first kappa shape index (κ1) is 14.8. The molecule has 6 unspecified atom stereocenters. The lowest BCUT2D eigenvalue weighted by molar-refractivity contribution is -0.242. The van der Waals surface area contributed by atoms with Gasteiger partial charge in [-0.1, -0.05) is 20.8 Å². The van der Waals surface area contributed by atoms with Crippen molar-refractivity contribution in [2.75, 3.05) is 6.61 Å². The van der Waals surface area contributed by atoms with Crippen LogP contribution in [-0.2, 0) is 19.0 Å². The summed E-state index contributed by atoms with van der Waals surface area (Å²) in [7, 11) is 0. The molecular formula is C15H22O7. The highest BCUT2D eigenvalue weighted by Gasteiger charge is 2.84. The number of aliphatic hydroxyl groups excluding tert-OH is 2. The first-order valence-electron chi connectivity index (χ1n) is 7.74. The number of carboxylic acids is 1. The van der Waals surface area contributed by atoms with Crippen molar-refractivity contribution in [1.29, 1.82) is 0 Å². The largest absolute Gasteiger partial charge is 0.479 e. The lowest BCUT2D eigenvalue weighted by atomic mass is 9.57. The minimum atomic E-state index is -1.46. The van der Waals surface area contributed by atoms with Crippen LogP contribution in [0.1, 0.15) is 27.2 Å². The van der Waals surface area contributed by atoms with Crippen molar-refractivity contribution in [3.8, 4) is 0 Å². The Morgan fingerprint density at radius 2 is 1.95 bits per heavy atom. The summed E-state index contributed by atoms with van der Waals surface area (Å²) in [6, 6.07) is 0. The van der Waals surface area contributed by atoms with Crippen molar-refractivity contribution in [3.05, 3.63) is 0 Å². The smallest absolute Gasteiger partial charge is 0.337 e. The van der Waals surface area contributed by atoms with Gasteiger partial charge in [-0.15, -0.1) is 0 Å². The molecule has 0 spiro atoms. The second kappa shape index (κ2) is 4.02. The normalized spacial score (nSPS) is 62.8. The van der Waals surface area contributed by atoms with Crippen molar-refractivity contribution in [2.24, 2.45) is 22.7 Å². The minimum absolute atomic E-state index is 0.0485. The van der Waals surface area contributed by atoms with Crippen LogP contribution < -0.4 is 0 Å². The van der Waals surface area contributed by atoms with Gasteiger partial charge in [-0.25, -0.2) is 4.79 Å². The predicted molar refractivity (Wildman–Crippen MR) is 71.6 cm³/mol. The molecule has 4 rings (SSSR count). The van der Waals surface area contributed by atoms with E-state index in [-0.39, 0.29) is 17.9 Å². The predicted octanol–water partition coefficient (Wildman–Crippen LogP) is -0.0570. The van der Waals surface area contributed by atoms with Gasteiger partial charge < -0.3 is 29.5 Å². The fourth-order valence-corrected chi connectivity index (χ4v) is 5.56. The number of aliphatic carboxylic acids is 1. The van der Waals surface area contributed by atoms with Crippen molar-refractivity contribution >= 4 is 5.97 Å². The molecule has 0 aromatic rings. The Morgan fingerprint density at radius 1 is 1.27 bits per heavy atom. The molecule has 0 amide bonds. The van der Waals surface area contributed by atoms with Crippen molar-refractivity contribution in [2.45, 2.75) is 57.6 Å². The molecule has 0 bridgehead atoms. The molecule has 9 atom stereocenters. The van der Waals surface area contributed by atoms with Gasteiger partial charge in [-0.05, 0) is 12.3 Å². The molecular weight excluding hydrogens is 292 g/mol. The molecule has 3 aliphatic heterocycles. The van der Waals surface area contributed by atoms with Crippen LogP contribution in [0.2, 0.25) is 0 Å². The van der Waals surface area contributed by atoms with Gasteiger partial charge in [0.25, 0.3) is 0 Å². The van der Waals surface area contributed by atoms with Crippen LogP contribution >= 0.6 is 0 Å². The fourth-order valence-electron chi connectivity index (χ4n) is 5.56. The topological polar surface area (TPSA) is 105 Å². The summed E-state index contributed by atoms with van der Waals surface area (Å²) >= 11 is 0. The number of rotatable bonds is 1. The standard InChI is InChI=1S/C15H22O7/c1-6-5-20-7-4-13(2)14(3)9(16)10(17)21-12(14)22-15(13,8(6)7)11(18)19/h6-10,12,16-17H,4-5H2,1-3H3,(H,18,19)/t6-,7?,8?,9+,10+,12?,13?,14?,15?/m1/s1. The molecule has 1 saturated carbocycles. The lowest BCUT2D eigenvalue weighted by Gasteiger charge is -2.44. The first-order valence-corrected chi connectivity index (χ1v) is 7.74. The second-order valence-electron chi connectivity index (χ2n) is 7.66. The highest BCUT2D eigenvalue weighted by atomic mass is 16.8. The molecule has 1 aliphatic carbocycles. The summed E-state index contributed by atoms with van der Waals surface area (Å²) < 4.78 is 17.1. The summed E-state index contributed by atoms with van der Waals surface area (Å²) in [4.78, 5) is 12.3. The number of hydrogen-bond donors (Lipinski definition) is 3. The Bertz CT molecular complexity index is 538. The van der Waals surface area contributed by atoms with Crippen molar-refractivity contribution in [3.63, 3.8) is 0 Å². The first-order chi connectivity index (χ1) is 10.2. The van der Waals surface area contributed by atoms with Crippen LogP contribution in [0.25, 0.3) is 0 Å². The molecule has 3 N–H and O–H groups in total. The summed E-state index contributed by atoms with van der Waals surface area (Å²) in [5.74, 6) is -1.28. The van der Waals surface area contributed by atoms with Gasteiger partial charge in [-0.2, -0.15) is 0 Å². The average Bonchev–Trinajstić information content (AvgIpc) is 3.04. The van der Waals surface area contributed by atoms with E-state index in [1.165, 1.54) is 0 Å². The van der Waals surface area contributed by atoms with E-state index in [1.54, 1.807) is 6.92 Å². The maximum Gasteiger partial charge on any atom is 0.337 e. The number of carboxylic acid groups (broad SMARTS) is 1. The van der Waals surface area contributed by atoms with E-state index in [9.17, 15) is 20.1 Å². The number of hydrogen-bond acceptors (Lipinski definition) is 6. The third kappa shape index (κ3) is 1.23. The number of aliphatic hydroxyl groups is 2. The average molecular weight is 314 g/mol. The zero-order chi connectivity index (χ0) is 16.1. The van der Waals surface area contributed by atoms with E-state index in [0.29, 0.717) is 13.0 Å². The molecule has 3 heterocycles. The number of ether oxygens (including phenoxy) is 3. The third-order valence-electron chi connectivity index (χ3n) is 6.92. The van der Waals surface area contributed by atoms with Crippen molar-refractivity contribution < 1.29 is 34.3 Å². The summed E-state index contributed by atoms with van der Waals surface area (Å²) in [6.45, 7) is 6.04. The zero-order valence-corrected chi connectivity index (χ0v) is 12.9. The monoisotopic (exact) mass is 314 g/mol. The molecule has 4 aliphatic rings. The Balaban J connectivity index is 1.90. The van der Waals surface area contributed by atoms with Crippen LogP contribution in [0.15, 0.2) is 0 Å². The van der Waals surface area contributed by atoms with Gasteiger partial charge in [-0.3, -0.25) is 0 Å². The van der Waals surface area contributed by atoms with E-state index in [1.807, 2.05) is 13.8 Å². The molecule has 22 heavy (non-hydrogen) atoms. The Labute approximate surface area is 128 Å². The lowest BCUT2D eigenvalue weighted by Crippen LogP contribution is -2.58. The van der Waals surface area contributed by atoms with Gasteiger partial charge in [0.2, 0.25) is 0 Å². The maximum atomic E-state index is 12.3. The van der Waals surface area contributed by atoms with E-state index in [0.717, 1.165) is 0 Å². The van der Waals surface area contributed by atoms with Gasteiger partial charge in [0.1, 0.15) is 6.10 Å². The molecule has 7 heteroatoms. The number of fused-ring (bicyclic) bond motifs is 5. The minimum Gasteiger partial charge on any atom is -0.479 e. The highest BCUT2D eigenvalue weighted by molar-refractivity contribution is 5.81. The summed E-state index contributed by atoms with van der Waals surface area (Å²) in [5.41, 5.74) is -3.36. The van der Waals surface area contributed by atoms with E-state index < -0.39 is 41.1 Å².